The normalized spacial score (nSPS) is 12.9. The summed E-state index contributed by atoms with van der Waals surface area (Å²) >= 11 is 0. The Morgan fingerprint density at radius 3 is 2.42 bits per heavy atom. The summed E-state index contributed by atoms with van der Waals surface area (Å²) in [6.07, 6.45) is -4.71. The van der Waals surface area contributed by atoms with Crippen molar-refractivity contribution in [3.05, 3.63) is 59.7 Å². The second kappa shape index (κ2) is 6.40. The van der Waals surface area contributed by atoms with E-state index in [1.165, 1.54) is 24.3 Å². The topological polar surface area (TPSA) is 105 Å². The van der Waals surface area contributed by atoms with E-state index in [4.69, 9.17) is 10.9 Å². The van der Waals surface area contributed by atoms with Crippen molar-refractivity contribution < 1.29 is 26.8 Å². The van der Waals surface area contributed by atoms with Crippen LogP contribution in [0, 0.1) is 0 Å². The number of nitrogens with one attached hydrogen (secondary N) is 1. The summed E-state index contributed by atoms with van der Waals surface area (Å²) in [5.74, 6) is -0.331. The Balaban J connectivity index is 2.44. The molecule has 0 saturated carbocycles. The van der Waals surface area contributed by atoms with Gasteiger partial charge in [-0.1, -0.05) is 29.4 Å². The molecule has 0 fully saturated rings. The van der Waals surface area contributed by atoms with Gasteiger partial charge in [0.2, 0.25) is 0 Å². The molecule has 0 atom stereocenters. The van der Waals surface area contributed by atoms with Gasteiger partial charge in [-0.2, -0.15) is 13.2 Å². The molecule has 0 bridgehead atoms. The molecule has 0 aliphatic rings. The SMILES string of the molecule is N/C(=N\O)c1cccc(S(=O)(=O)Nc2ccccc2C(F)(F)F)c1. The van der Waals surface area contributed by atoms with Crippen LogP contribution >= 0.6 is 0 Å². The van der Waals surface area contributed by atoms with Crippen molar-refractivity contribution in [3.63, 3.8) is 0 Å². The molecule has 0 aliphatic heterocycles. The predicted molar refractivity (Wildman–Crippen MR) is 81.2 cm³/mol. The molecule has 2 aromatic rings. The average Bonchev–Trinajstić information content (AvgIpc) is 2.53. The van der Waals surface area contributed by atoms with Crippen molar-refractivity contribution >= 4 is 21.5 Å². The summed E-state index contributed by atoms with van der Waals surface area (Å²) in [7, 11) is -4.30. The first-order valence-corrected chi connectivity index (χ1v) is 7.90. The summed E-state index contributed by atoms with van der Waals surface area (Å²) < 4.78 is 65.4. The number of sulfonamides is 1. The Labute approximate surface area is 135 Å². The average molecular weight is 359 g/mol. The molecule has 4 N–H and O–H groups in total. The van der Waals surface area contributed by atoms with E-state index < -0.39 is 27.5 Å². The zero-order valence-electron chi connectivity index (χ0n) is 11.9. The summed E-state index contributed by atoms with van der Waals surface area (Å²) in [6, 6.07) is 9.16. The quantitative estimate of drug-likeness (QED) is 0.338. The van der Waals surface area contributed by atoms with Gasteiger partial charge in [0.05, 0.1) is 16.1 Å². The number of nitrogens with two attached hydrogens (primary N) is 1. The lowest BCUT2D eigenvalue weighted by Gasteiger charge is -2.15. The molecule has 0 radical (unpaired) electrons. The van der Waals surface area contributed by atoms with Crippen LogP contribution in [0.25, 0.3) is 0 Å². The van der Waals surface area contributed by atoms with E-state index in [2.05, 4.69) is 5.16 Å². The number of amidine groups is 1. The van der Waals surface area contributed by atoms with Crippen molar-refractivity contribution in [2.45, 2.75) is 11.1 Å². The van der Waals surface area contributed by atoms with E-state index in [-0.39, 0.29) is 16.3 Å². The number of nitrogens with zero attached hydrogens (tertiary/aromatic N) is 1. The minimum absolute atomic E-state index is 0.101. The highest BCUT2D eigenvalue weighted by molar-refractivity contribution is 7.92. The fraction of sp³-hybridized carbons (Fsp3) is 0.0714. The number of hydrogen-bond donors (Lipinski definition) is 3. The third-order valence-corrected chi connectivity index (χ3v) is 4.39. The smallest absolute Gasteiger partial charge is 0.409 e. The van der Waals surface area contributed by atoms with E-state index in [1.807, 2.05) is 4.72 Å². The fourth-order valence-electron chi connectivity index (χ4n) is 1.90. The first-order chi connectivity index (χ1) is 11.1. The molecule has 0 amide bonds. The summed E-state index contributed by atoms with van der Waals surface area (Å²) in [5.41, 5.74) is 3.77. The molecule has 0 saturated heterocycles. The number of para-hydroxylation sites is 1. The van der Waals surface area contributed by atoms with Crippen LogP contribution in [0.5, 0.6) is 0 Å². The van der Waals surface area contributed by atoms with E-state index in [0.717, 1.165) is 24.3 Å². The molecule has 2 rings (SSSR count). The minimum atomic E-state index is -4.71. The Morgan fingerprint density at radius 2 is 1.79 bits per heavy atom. The molecule has 2 aromatic carbocycles. The van der Waals surface area contributed by atoms with Gasteiger partial charge in [0.25, 0.3) is 10.0 Å². The number of benzene rings is 2. The van der Waals surface area contributed by atoms with Crippen LogP contribution in [-0.4, -0.2) is 19.5 Å². The Kier molecular flexibility index (Phi) is 4.69. The van der Waals surface area contributed by atoms with Gasteiger partial charge >= 0.3 is 6.18 Å². The molecule has 0 unspecified atom stereocenters. The summed E-state index contributed by atoms with van der Waals surface area (Å²) in [5, 5.41) is 11.4. The molecule has 0 aliphatic carbocycles. The van der Waals surface area contributed by atoms with Crippen LogP contribution in [0.2, 0.25) is 0 Å². The lowest BCUT2D eigenvalue weighted by molar-refractivity contribution is -0.136. The Hall–Kier alpha value is -2.75. The van der Waals surface area contributed by atoms with Gasteiger partial charge < -0.3 is 10.9 Å². The van der Waals surface area contributed by atoms with E-state index >= 15 is 0 Å². The van der Waals surface area contributed by atoms with Crippen LogP contribution in [0.1, 0.15) is 11.1 Å². The first-order valence-electron chi connectivity index (χ1n) is 6.42. The molecule has 0 aromatic heterocycles. The van der Waals surface area contributed by atoms with Crippen molar-refractivity contribution in [1.29, 1.82) is 0 Å². The maximum Gasteiger partial charge on any atom is 0.418 e. The lowest BCUT2D eigenvalue weighted by atomic mass is 10.2. The molecule has 6 nitrogen and oxygen atoms in total. The molecule has 128 valence electrons. The molecule has 0 spiro atoms. The van der Waals surface area contributed by atoms with Crippen LogP contribution in [0.15, 0.2) is 58.6 Å². The van der Waals surface area contributed by atoms with Gasteiger partial charge in [0, 0.05) is 5.56 Å². The second-order valence-electron chi connectivity index (χ2n) is 4.66. The number of halogens is 3. The fourth-order valence-corrected chi connectivity index (χ4v) is 3.03. The molecule has 24 heavy (non-hydrogen) atoms. The third-order valence-electron chi connectivity index (χ3n) is 3.02. The summed E-state index contributed by atoms with van der Waals surface area (Å²) in [4.78, 5) is -0.330. The van der Waals surface area contributed by atoms with Crippen molar-refractivity contribution in [3.8, 4) is 0 Å². The highest BCUT2D eigenvalue weighted by Crippen LogP contribution is 2.35. The highest BCUT2D eigenvalue weighted by atomic mass is 32.2. The Bertz CT molecular complexity index is 880. The van der Waals surface area contributed by atoms with Crippen LogP contribution in [0.3, 0.4) is 0 Å². The second-order valence-corrected chi connectivity index (χ2v) is 6.34. The predicted octanol–water partition coefficient (Wildman–Crippen LogP) is 2.60. The van der Waals surface area contributed by atoms with Crippen LogP contribution in [0.4, 0.5) is 18.9 Å². The van der Waals surface area contributed by atoms with Gasteiger partial charge in [0.15, 0.2) is 5.84 Å². The maximum absolute atomic E-state index is 12.9. The van der Waals surface area contributed by atoms with Crippen LogP contribution < -0.4 is 10.5 Å². The van der Waals surface area contributed by atoms with E-state index in [0.29, 0.717) is 0 Å². The standard InChI is InChI=1S/C14H12F3N3O3S/c15-14(16,17)11-6-1-2-7-12(11)20-24(22,23)10-5-3-4-9(8-10)13(18)19-21/h1-8,20-21H,(H2,18,19). The Morgan fingerprint density at radius 1 is 1.12 bits per heavy atom. The van der Waals surface area contributed by atoms with Gasteiger partial charge in [-0.25, -0.2) is 8.42 Å². The van der Waals surface area contributed by atoms with Gasteiger partial charge in [-0.15, -0.1) is 0 Å². The number of rotatable bonds is 4. The number of anilines is 1. The van der Waals surface area contributed by atoms with Crippen LogP contribution in [-0.2, 0) is 16.2 Å². The van der Waals surface area contributed by atoms with Gasteiger partial charge in [-0.05, 0) is 24.3 Å². The monoisotopic (exact) mass is 359 g/mol. The van der Waals surface area contributed by atoms with Gasteiger partial charge in [0.1, 0.15) is 0 Å². The molecule has 0 heterocycles. The first kappa shape index (κ1) is 17.6. The lowest BCUT2D eigenvalue weighted by Crippen LogP contribution is -2.18. The maximum atomic E-state index is 12.9. The number of oxime groups is 1. The number of alkyl halides is 3. The molecular weight excluding hydrogens is 347 g/mol. The van der Waals surface area contributed by atoms with Crippen molar-refractivity contribution in [2.24, 2.45) is 10.9 Å². The van der Waals surface area contributed by atoms with E-state index in [9.17, 15) is 21.6 Å². The van der Waals surface area contributed by atoms with E-state index in [1.54, 1.807) is 0 Å². The molecular formula is C14H12F3N3O3S. The number of hydrogen-bond acceptors (Lipinski definition) is 4. The highest BCUT2D eigenvalue weighted by Gasteiger charge is 2.34. The van der Waals surface area contributed by atoms with Crippen molar-refractivity contribution in [2.75, 3.05) is 4.72 Å². The minimum Gasteiger partial charge on any atom is -0.409 e. The van der Waals surface area contributed by atoms with Crippen molar-refractivity contribution in [1.82, 2.24) is 0 Å². The third kappa shape index (κ3) is 3.77. The molecule has 10 heteroatoms. The van der Waals surface area contributed by atoms with Gasteiger partial charge in [-0.3, -0.25) is 4.72 Å². The largest absolute Gasteiger partial charge is 0.418 e. The zero-order valence-corrected chi connectivity index (χ0v) is 12.8. The zero-order chi connectivity index (χ0) is 18.0. The summed E-state index contributed by atoms with van der Waals surface area (Å²) in [6.45, 7) is 0.